The van der Waals surface area contributed by atoms with Gasteiger partial charge < -0.3 is 5.32 Å². The summed E-state index contributed by atoms with van der Waals surface area (Å²) in [5.74, 6) is -0.585. The van der Waals surface area contributed by atoms with Crippen LogP contribution in [0.25, 0.3) is 0 Å². The second kappa shape index (κ2) is 8.42. The summed E-state index contributed by atoms with van der Waals surface area (Å²) in [6.45, 7) is 2.55. The van der Waals surface area contributed by atoms with Crippen molar-refractivity contribution >= 4 is 33.2 Å². The number of amides is 1. The van der Waals surface area contributed by atoms with Gasteiger partial charge in [-0.3, -0.25) is 4.79 Å². The van der Waals surface area contributed by atoms with Crippen molar-refractivity contribution < 1.29 is 13.2 Å². The Bertz CT molecular complexity index is 916. The van der Waals surface area contributed by atoms with Crippen molar-refractivity contribution in [1.82, 2.24) is 4.31 Å². The zero-order valence-corrected chi connectivity index (χ0v) is 16.8. The summed E-state index contributed by atoms with van der Waals surface area (Å²) < 4.78 is 27.0. The van der Waals surface area contributed by atoms with Gasteiger partial charge in [-0.25, -0.2) is 12.7 Å². The van der Waals surface area contributed by atoms with Crippen LogP contribution in [0.4, 0.5) is 5.69 Å². The molecule has 0 unspecified atom stereocenters. The molecule has 0 radical (unpaired) electrons. The third-order valence-corrected chi connectivity index (χ3v) is 6.85. The fraction of sp³-hybridized carbons (Fsp3) is 0.350. The van der Waals surface area contributed by atoms with E-state index in [4.69, 9.17) is 11.6 Å². The summed E-state index contributed by atoms with van der Waals surface area (Å²) in [6.07, 6.45) is 1.34. The lowest BCUT2D eigenvalue weighted by molar-refractivity contribution is -0.120. The first kappa shape index (κ1) is 19.9. The van der Waals surface area contributed by atoms with Gasteiger partial charge >= 0.3 is 0 Å². The lowest BCUT2D eigenvalue weighted by atomic mass is 9.98. The number of hydrogen-bond acceptors (Lipinski definition) is 3. The summed E-state index contributed by atoms with van der Waals surface area (Å²) in [4.78, 5) is 12.7. The van der Waals surface area contributed by atoms with Gasteiger partial charge in [0.05, 0.1) is 11.7 Å². The number of piperidine rings is 1. The molecule has 1 saturated heterocycles. The molecule has 1 aliphatic heterocycles. The number of nitrogens with zero attached hydrogens (tertiary/aromatic N) is 1. The molecule has 1 atom stereocenters. The molecule has 0 aromatic heterocycles. The molecule has 5 nitrogen and oxygen atoms in total. The average Bonchev–Trinajstić information content (AvgIpc) is 2.65. The second-order valence-electron chi connectivity index (χ2n) is 6.89. The molecule has 1 heterocycles. The van der Waals surface area contributed by atoms with Crippen molar-refractivity contribution in [3.8, 4) is 0 Å². The molecule has 1 aliphatic rings. The maximum absolute atomic E-state index is 12.8. The third kappa shape index (κ3) is 5.09. The number of aryl methyl sites for hydroxylation is 1. The van der Waals surface area contributed by atoms with Crippen molar-refractivity contribution in [3.05, 3.63) is 64.7 Å². The summed E-state index contributed by atoms with van der Waals surface area (Å²) in [5, 5.41) is 3.45. The Balaban J connectivity index is 1.68. The molecule has 27 heavy (non-hydrogen) atoms. The van der Waals surface area contributed by atoms with Crippen LogP contribution in [0.1, 0.15) is 24.0 Å². The number of benzene rings is 2. The van der Waals surface area contributed by atoms with Crippen LogP contribution in [-0.2, 0) is 20.6 Å². The minimum absolute atomic E-state index is 0.0461. The maximum atomic E-state index is 12.8. The Labute approximate surface area is 165 Å². The molecule has 0 bridgehead atoms. The Kier molecular flexibility index (Phi) is 6.19. The molecular formula is C20H23ClN2O3S. The van der Waals surface area contributed by atoms with Gasteiger partial charge in [0.1, 0.15) is 0 Å². The van der Waals surface area contributed by atoms with Crippen LogP contribution in [0.3, 0.4) is 0 Å². The zero-order valence-electron chi connectivity index (χ0n) is 15.2. The fourth-order valence-electron chi connectivity index (χ4n) is 3.25. The lowest BCUT2D eigenvalue weighted by Gasteiger charge is -2.31. The van der Waals surface area contributed by atoms with E-state index in [1.165, 1.54) is 4.31 Å². The minimum Gasteiger partial charge on any atom is -0.326 e. The van der Waals surface area contributed by atoms with Crippen molar-refractivity contribution in [2.45, 2.75) is 25.5 Å². The Morgan fingerprint density at radius 3 is 2.70 bits per heavy atom. The highest BCUT2D eigenvalue weighted by Gasteiger charge is 2.32. The molecular weight excluding hydrogens is 384 g/mol. The molecule has 0 saturated carbocycles. The summed E-state index contributed by atoms with van der Waals surface area (Å²) in [7, 11) is -3.46. The number of rotatable bonds is 5. The topological polar surface area (TPSA) is 66.5 Å². The standard InChI is InChI=1S/C20H23ClN2O3S/c1-15-9-10-18(21)12-19(15)22-20(24)17-8-5-11-23(13-17)27(25,26)14-16-6-3-2-4-7-16/h2-4,6-7,9-10,12,17H,5,8,11,13-14H2,1H3,(H,22,24)/t17-/m1/s1. The van der Waals surface area contributed by atoms with E-state index in [-0.39, 0.29) is 24.1 Å². The molecule has 0 spiro atoms. The highest BCUT2D eigenvalue weighted by Crippen LogP contribution is 2.25. The molecule has 1 N–H and O–H groups in total. The molecule has 1 amide bonds. The predicted octanol–water partition coefficient (Wildman–Crippen LogP) is 3.83. The number of carbonyl (C=O) groups excluding carboxylic acids is 1. The van der Waals surface area contributed by atoms with Crippen LogP contribution in [0.5, 0.6) is 0 Å². The van der Waals surface area contributed by atoms with E-state index in [0.29, 0.717) is 30.1 Å². The number of nitrogens with one attached hydrogen (secondary N) is 1. The smallest absolute Gasteiger partial charge is 0.228 e. The first-order valence-corrected chi connectivity index (χ1v) is 10.9. The van der Waals surface area contributed by atoms with Gasteiger partial charge in [0, 0.05) is 23.8 Å². The molecule has 2 aromatic carbocycles. The monoisotopic (exact) mass is 406 g/mol. The quantitative estimate of drug-likeness (QED) is 0.820. The minimum atomic E-state index is -3.46. The Hall–Kier alpha value is -1.89. The first-order chi connectivity index (χ1) is 12.8. The number of halogens is 1. The van der Waals surface area contributed by atoms with Crippen LogP contribution in [0, 0.1) is 12.8 Å². The molecule has 2 aromatic rings. The number of hydrogen-bond donors (Lipinski definition) is 1. The van der Waals surface area contributed by atoms with E-state index >= 15 is 0 Å². The largest absolute Gasteiger partial charge is 0.326 e. The van der Waals surface area contributed by atoms with Gasteiger partial charge in [-0.2, -0.15) is 0 Å². The molecule has 1 fully saturated rings. The first-order valence-electron chi connectivity index (χ1n) is 8.94. The van der Waals surface area contributed by atoms with Crippen LogP contribution in [0.2, 0.25) is 5.02 Å². The van der Waals surface area contributed by atoms with E-state index < -0.39 is 10.0 Å². The maximum Gasteiger partial charge on any atom is 0.228 e. The molecule has 144 valence electrons. The van der Waals surface area contributed by atoms with Gasteiger partial charge in [-0.1, -0.05) is 48.0 Å². The van der Waals surface area contributed by atoms with Crippen LogP contribution < -0.4 is 5.32 Å². The molecule has 0 aliphatic carbocycles. The van der Waals surface area contributed by atoms with Crippen molar-refractivity contribution in [2.24, 2.45) is 5.92 Å². The summed E-state index contributed by atoms with van der Waals surface area (Å²) in [6, 6.07) is 14.4. The van der Waals surface area contributed by atoms with Gasteiger partial charge in [0.2, 0.25) is 15.9 Å². The Morgan fingerprint density at radius 1 is 1.22 bits per heavy atom. The summed E-state index contributed by atoms with van der Waals surface area (Å²) in [5.41, 5.74) is 2.33. The lowest BCUT2D eigenvalue weighted by Crippen LogP contribution is -2.44. The fourth-order valence-corrected chi connectivity index (χ4v) is 5.03. The normalized spacial score (nSPS) is 18.2. The van der Waals surface area contributed by atoms with Gasteiger partial charge in [0.25, 0.3) is 0 Å². The average molecular weight is 407 g/mol. The highest BCUT2D eigenvalue weighted by atomic mass is 35.5. The number of sulfonamides is 1. The van der Waals surface area contributed by atoms with Crippen LogP contribution >= 0.6 is 11.6 Å². The molecule has 7 heteroatoms. The second-order valence-corrected chi connectivity index (χ2v) is 9.29. The number of anilines is 1. The number of carbonyl (C=O) groups is 1. The predicted molar refractivity (Wildman–Crippen MR) is 108 cm³/mol. The van der Waals surface area contributed by atoms with E-state index in [1.807, 2.05) is 31.2 Å². The van der Waals surface area contributed by atoms with Gasteiger partial charge in [-0.15, -0.1) is 0 Å². The van der Waals surface area contributed by atoms with E-state index in [2.05, 4.69) is 5.32 Å². The van der Waals surface area contributed by atoms with Gasteiger partial charge in [0.15, 0.2) is 0 Å². The third-order valence-electron chi connectivity index (χ3n) is 4.80. The molecule has 3 rings (SSSR count). The van der Waals surface area contributed by atoms with E-state index in [1.54, 1.807) is 24.3 Å². The van der Waals surface area contributed by atoms with Crippen LogP contribution in [-0.4, -0.2) is 31.7 Å². The van der Waals surface area contributed by atoms with Crippen LogP contribution in [0.15, 0.2) is 48.5 Å². The van der Waals surface area contributed by atoms with E-state index in [0.717, 1.165) is 11.1 Å². The van der Waals surface area contributed by atoms with Crippen molar-refractivity contribution in [2.75, 3.05) is 18.4 Å². The van der Waals surface area contributed by atoms with Crippen molar-refractivity contribution in [3.63, 3.8) is 0 Å². The summed E-state index contributed by atoms with van der Waals surface area (Å²) >= 11 is 6.01. The Morgan fingerprint density at radius 2 is 1.96 bits per heavy atom. The zero-order chi connectivity index (χ0) is 19.4. The highest BCUT2D eigenvalue weighted by molar-refractivity contribution is 7.88. The SMILES string of the molecule is Cc1ccc(Cl)cc1NC(=O)[C@@H]1CCCN(S(=O)(=O)Cc2ccccc2)C1. The van der Waals surface area contributed by atoms with E-state index in [9.17, 15) is 13.2 Å². The van der Waals surface area contributed by atoms with Gasteiger partial charge in [-0.05, 0) is 43.0 Å². The van der Waals surface area contributed by atoms with Crippen molar-refractivity contribution in [1.29, 1.82) is 0 Å².